The molecule has 1 heterocycles. The maximum atomic E-state index is 12.9. The summed E-state index contributed by atoms with van der Waals surface area (Å²) >= 11 is 0. The molecule has 1 aliphatic heterocycles. The van der Waals surface area contributed by atoms with Crippen molar-refractivity contribution in [2.45, 2.75) is 63.8 Å². The van der Waals surface area contributed by atoms with Crippen LogP contribution in [0.2, 0.25) is 0 Å². The molecule has 3 aromatic carbocycles. The zero-order chi connectivity index (χ0) is 22.6. The Morgan fingerprint density at radius 3 is 2.42 bits per heavy atom. The lowest BCUT2D eigenvalue weighted by Crippen LogP contribution is -2.38. The minimum atomic E-state index is 0.205. The molecule has 172 valence electrons. The smallest absolute Gasteiger partial charge is 0.253 e. The van der Waals surface area contributed by atoms with Crippen LogP contribution in [-0.4, -0.2) is 36.5 Å². The molecule has 33 heavy (non-hydrogen) atoms. The molecule has 3 nitrogen and oxygen atoms in total. The van der Waals surface area contributed by atoms with Crippen LogP contribution < -0.4 is 4.90 Å². The summed E-state index contributed by atoms with van der Waals surface area (Å²) in [6, 6.07) is 24.6. The number of fused-ring (bicyclic) bond motifs is 1. The largest absolute Gasteiger partial charge is 0.368 e. The highest BCUT2D eigenvalue weighted by Gasteiger charge is 2.28. The van der Waals surface area contributed by atoms with E-state index in [4.69, 9.17) is 0 Å². The van der Waals surface area contributed by atoms with Crippen molar-refractivity contribution in [1.29, 1.82) is 0 Å². The Bertz CT molecular complexity index is 1080. The minimum Gasteiger partial charge on any atom is -0.368 e. The fourth-order valence-electron chi connectivity index (χ4n) is 6.01. The van der Waals surface area contributed by atoms with Gasteiger partial charge >= 0.3 is 0 Å². The number of amides is 1. The van der Waals surface area contributed by atoms with Gasteiger partial charge in [-0.2, -0.15) is 0 Å². The summed E-state index contributed by atoms with van der Waals surface area (Å²) in [7, 11) is 0. The summed E-state index contributed by atoms with van der Waals surface area (Å²) < 4.78 is 0. The third-order valence-corrected chi connectivity index (χ3v) is 7.78. The molecule has 0 N–H and O–H groups in total. The van der Waals surface area contributed by atoms with E-state index < -0.39 is 0 Å². The number of benzene rings is 3. The Labute approximate surface area is 198 Å². The van der Waals surface area contributed by atoms with Crippen LogP contribution >= 0.6 is 0 Å². The molecule has 3 heteroatoms. The molecule has 1 aliphatic carbocycles. The van der Waals surface area contributed by atoms with E-state index in [1.165, 1.54) is 54.1 Å². The van der Waals surface area contributed by atoms with Crippen LogP contribution in [0.25, 0.3) is 10.8 Å². The molecule has 0 spiro atoms. The monoisotopic (exact) mass is 440 g/mol. The van der Waals surface area contributed by atoms with E-state index in [0.29, 0.717) is 12.0 Å². The highest BCUT2D eigenvalue weighted by atomic mass is 16.2. The molecular weight excluding hydrogens is 404 g/mol. The van der Waals surface area contributed by atoms with E-state index in [9.17, 15) is 4.79 Å². The highest BCUT2D eigenvalue weighted by Crippen LogP contribution is 2.38. The first kappa shape index (κ1) is 22.0. The first-order chi connectivity index (χ1) is 16.2. The summed E-state index contributed by atoms with van der Waals surface area (Å²) in [4.78, 5) is 17.5. The van der Waals surface area contributed by atoms with E-state index in [1.807, 2.05) is 4.90 Å². The summed E-state index contributed by atoms with van der Waals surface area (Å²) in [5.41, 5.74) is 3.60. The summed E-state index contributed by atoms with van der Waals surface area (Å²) in [5.74, 6) is 0.766. The Hall–Kier alpha value is -2.81. The number of carbonyl (C=O) groups excluding carboxylic acids is 1. The Morgan fingerprint density at radius 1 is 0.879 bits per heavy atom. The van der Waals surface area contributed by atoms with Gasteiger partial charge in [-0.05, 0) is 80.5 Å². The Balaban J connectivity index is 1.32. The molecule has 1 amide bonds. The molecule has 2 fully saturated rings. The van der Waals surface area contributed by atoms with Gasteiger partial charge in [0, 0.05) is 42.3 Å². The summed E-state index contributed by atoms with van der Waals surface area (Å²) in [6.45, 7) is 5.12. The fourth-order valence-corrected chi connectivity index (χ4v) is 6.01. The molecular formula is C30H36N2O. The minimum absolute atomic E-state index is 0.205. The number of likely N-dealkylation sites (tertiary alicyclic amines) is 1. The zero-order valence-electron chi connectivity index (χ0n) is 19.9. The molecule has 0 bridgehead atoms. The van der Waals surface area contributed by atoms with Gasteiger partial charge < -0.3 is 9.80 Å². The van der Waals surface area contributed by atoms with Crippen LogP contribution in [0.1, 0.15) is 73.7 Å². The van der Waals surface area contributed by atoms with Crippen molar-refractivity contribution in [3.63, 3.8) is 0 Å². The van der Waals surface area contributed by atoms with Crippen molar-refractivity contribution >= 4 is 22.4 Å². The van der Waals surface area contributed by atoms with Crippen LogP contribution in [0.15, 0.2) is 66.7 Å². The van der Waals surface area contributed by atoms with Gasteiger partial charge in [0.05, 0.1) is 0 Å². The van der Waals surface area contributed by atoms with Gasteiger partial charge in [-0.1, -0.05) is 55.0 Å². The second-order valence-corrected chi connectivity index (χ2v) is 9.78. The maximum Gasteiger partial charge on any atom is 0.253 e. The zero-order valence-corrected chi connectivity index (χ0v) is 19.9. The normalized spacial score (nSPS) is 21.2. The van der Waals surface area contributed by atoms with Gasteiger partial charge in [-0.25, -0.2) is 0 Å². The van der Waals surface area contributed by atoms with Crippen LogP contribution in [0.3, 0.4) is 0 Å². The van der Waals surface area contributed by atoms with Crippen molar-refractivity contribution in [2.75, 3.05) is 24.5 Å². The number of rotatable bonds is 5. The first-order valence-electron chi connectivity index (χ1n) is 12.9. The fraction of sp³-hybridized carbons (Fsp3) is 0.433. The first-order valence-corrected chi connectivity index (χ1v) is 12.9. The molecule has 2 atom stereocenters. The molecule has 1 saturated carbocycles. The highest BCUT2D eigenvalue weighted by molar-refractivity contribution is 5.95. The van der Waals surface area contributed by atoms with E-state index >= 15 is 0 Å². The van der Waals surface area contributed by atoms with E-state index in [-0.39, 0.29) is 5.91 Å². The Morgan fingerprint density at radius 2 is 1.64 bits per heavy atom. The van der Waals surface area contributed by atoms with E-state index in [2.05, 4.69) is 78.6 Å². The van der Waals surface area contributed by atoms with Crippen molar-refractivity contribution in [3.8, 4) is 0 Å². The number of piperidine rings is 1. The van der Waals surface area contributed by atoms with E-state index in [0.717, 1.165) is 38.0 Å². The van der Waals surface area contributed by atoms with Crippen molar-refractivity contribution in [3.05, 3.63) is 77.9 Å². The molecule has 3 aromatic rings. The SMILES string of the molecule is CCN(c1cccc2ccccc12)C1CCCC(c2ccc(C(=O)N3CCCCC3)cc2)C1. The maximum absolute atomic E-state index is 12.9. The second kappa shape index (κ2) is 9.99. The van der Waals surface area contributed by atoms with Crippen LogP contribution in [0, 0.1) is 0 Å². The molecule has 1 saturated heterocycles. The standard InChI is InChI=1S/C30H36N2O/c1-2-32(29-15-9-11-24-10-4-5-14-28(24)29)27-13-8-12-26(22-27)23-16-18-25(19-17-23)30(33)31-20-6-3-7-21-31/h4-5,9-11,14-19,26-27H,2-3,6-8,12-13,20-22H2,1H3. The molecule has 2 unspecified atom stereocenters. The lowest BCUT2D eigenvalue weighted by Gasteiger charge is -2.39. The molecule has 0 aromatic heterocycles. The van der Waals surface area contributed by atoms with Crippen molar-refractivity contribution in [2.24, 2.45) is 0 Å². The second-order valence-electron chi connectivity index (χ2n) is 9.78. The topological polar surface area (TPSA) is 23.6 Å². The number of hydrogen-bond acceptors (Lipinski definition) is 2. The van der Waals surface area contributed by atoms with Gasteiger partial charge in [0.2, 0.25) is 0 Å². The van der Waals surface area contributed by atoms with E-state index in [1.54, 1.807) is 0 Å². The lowest BCUT2D eigenvalue weighted by molar-refractivity contribution is 0.0724. The predicted octanol–water partition coefficient (Wildman–Crippen LogP) is 7.02. The van der Waals surface area contributed by atoms with Crippen molar-refractivity contribution < 1.29 is 4.79 Å². The number of anilines is 1. The van der Waals surface area contributed by atoms with Crippen LogP contribution in [0.5, 0.6) is 0 Å². The summed E-state index contributed by atoms with van der Waals surface area (Å²) in [5, 5.41) is 2.67. The van der Waals surface area contributed by atoms with Crippen LogP contribution in [-0.2, 0) is 0 Å². The number of carbonyl (C=O) groups is 1. The van der Waals surface area contributed by atoms with Crippen molar-refractivity contribution in [1.82, 2.24) is 4.90 Å². The van der Waals surface area contributed by atoms with Gasteiger partial charge in [-0.15, -0.1) is 0 Å². The van der Waals surface area contributed by atoms with Gasteiger partial charge in [0.25, 0.3) is 5.91 Å². The quantitative estimate of drug-likeness (QED) is 0.426. The average molecular weight is 441 g/mol. The van der Waals surface area contributed by atoms with Gasteiger partial charge in [-0.3, -0.25) is 4.79 Å². The third-order valence-electron chi connectivity index (χ3n) is 7.78. The van der Waals surface area contributed by atoms with Crippen LogP contribution in [0.4, 0.5) is 5.69 Å². The average Bonchev–Trinajstić information content (AvgIpc) is 2.90. The van der Waals surface area contributed by atoms with Gasteiger partial charge in [0.1, 0.15) is 0 Å². The third kappa shape index (κ3) is 4.64. The number of nitrogens with zero attached hydrogens (tertiary/aromatic N) is 2. The molecule has 0 radical (unpaired) electrons. The summed E-state index contributed by atoms with van der Waals surface area (Å²) in [6.07, 6.45) is 8.44. The Kier molecular flexibility index (Phi) is 6.66. The van der Waals surface area contributed by atoms with Gasteiger partial charge in [0.15, 0.2) is 0 Å². The molecule has 5 rings (SSSR count). The molecule has 2 aliphatic rings. The lowest BCUT2D eigenvalue weighted by atomic mass is 9.80. The number of hydrogen-bond donors (Lipinski definition) is 0. The predicted molar refractivity (Wildman–Crippen MR) is 138 cm³/mol.